The third kappa shape index (κ3) is 3.11. The summed E-state index contributed by atoms with van der Waals surface area (Å²) in [5, 5.41) is 11.5. The lowest BCUT2D eigenvalue weighted by atomic mass is 10.2. The van der Waals surface area contributed by atoms with Gasteiger partial charge in [-0.15, -0.1) is 0 Å². The minimum absolute atomic E-state index is 0.127. The van der Waals surface area contributed by atoms with Crippen LogP contribution in [0.25, 0.3) is 0 Å². The quantitative estimate of drug-likeness (QED) is 0.714. The molecule has 86 valence electrons. The molecule has 0 aromatic heterocycles. The van der Waals surface area contributed by atoms with Gasteiger partial charge < -0.3 is 15.3 Å². The molecule has 0 radical (unpaired) electrons. The smallest absolute Gasteiger partial charge is 0.326 e. The number of carbonyl (C=O) groups excluding carboxylic acids is 1. The standard InChI is InChI=1S/C10H18N2O3/c1-3-12(4-2)10(15)11-8(9(13)14)7-5-6-7/h7-8H,3-6H2,1-2H3,(H,11,15)(H,13,14). The highest BCUT2D eigenvalue weighted by Gasteiger charge is 2.37. The van der Waals surface area contributed by atoms with Crippen LogP contribution in [0.5, 0.6) is 0 Å². The number of rotatable bonds is 5. The van der Waals surface area contributed by atoms with E-state index in [9.17, 15) is 9.59 Å². The van der Waals surface area contributed by atoms with Gasteiger partial charge in [0.1, 0.15) is 6.04 Å². The third-order valence-electron chi connectivity index (χ3n) is 2.69. The molecule has 1 fully saturated rings. The molecule has 0 heterocycles. The molecule has 1 aliphatic carbocycles. The van der Waals surface area contributed by atoms with Gasteiger partial charge in [0.2, 0.25) is 0 Å². The van der Waals surface area contributed by atoms with Crippen LogP contribution in [0.15, 0.2) is 0 Å². The van der Waals surface area contributed by atoms with Crippen LogP contribution in [-0.2, 0) is 4.79 Å². The largest absolute Gasteiger partial charge is 0.480 e. The zero-order valence-corrected chi connectivity index (χ0v) is 9.19. The second kappa shape index (κ2) is 5.00. The molecule has 1 unspecified atom stereocenters. The van der Waals surface area contributed by atoms with E-state index in [1.807, 2.05) is 13.8 Å². The van der Waals surface area contributed by atoms with E-state index in [1.165, 1.54) is 0 Å². The highest BCUT2D eigenvalue weighted by Crippen LogP contribution is 2.32. The van der Waals surface area contributed by atoms with Gasteiger partial charge in [-0.05, 0) is 32.6 Å². The summed E-state index contributed by atoms with van der Waals surface area (Å²) in [6.45, 7) is 4.94. The van der Waals surface area contributed by atoms with Crippen LogP contribution in [0, 0.1) is 5.92 Å². The molecule has 5 nitrogen and oxygen atoms in total. The Morgan fingerprint density at radius 1 is 1.40 bits per heavy atom. The monoisotopic (exact) mass is 214 g/mol. The Bertz CT molecular complexity index is 247. The van der Waals surface area contributed by atoms with Crippen molar-refractivity contribution < 1.29 is 14.7 Å². The van der Waals surface area contributed by atoms with E-state index >= 15 is 0 Å². The number of carboxylic acid groups (broad SMARTS) is 1. The number of carbonyl (C=O) groups is 2. The zero-order valence-electron chi connectivity index (χ0n) is 9.19. The highest BCUT2D eigenvalue weighted by molar-refractivity contribution is 5.83. The highest BCUT2D eigenvalue weighted by atomic mass is 16.4. The first kappa shape index (κ1) is 11.8. The van der Waals surface area contributed by atoms with Gasteiger partial charge in [-0.25, -0.2) is 9.59 Å². The Morgan fingerprint density at radius 3 is 2.27 bits per heavy atom. The fourth-order valence-electron chi connectivity index (χ4n) is 1.55. The van der Waals surface area contributed by atoms with Crippen LogP contribution in [0.4, 0.5) is 4.79 Å². The predicted octanol–water partition coefficient (Wildman–Crippen LogP) is 0.901. The maximum absolute atomic E-state index is 11.6. The number of carboxylic acids is 1. The lowest BCUT2D eigenvalue weighted by Crippen LogP contribution is -2.48. The first-order valence-corrected chi connectivity index (χ1v) is 5.38. The molecule has 0 bridgehead atoms. The normalized spacial score (nSPS) is 16.9. The van der Waals surface area contributed by atoms with Crippen LogP contribution < -0.4 is 5.32 Å². The SMILES string of the molecule is CCN(CC)C(=O)NC(C(=O)O)C1CC1. The summed E-state index contributed by atoms with van der Waals surface area (Å²) >= 11 is 0. The topological polar surface area (TPSA) is 69.6 Å². The molecule has 2 amide bonds. The van der Waals surface area contributed by atoms with Gasteiger partial charge in [0.25, 0.3) is 0 Å². The number of hydrogen-bond donors (Lipinski definition) is 2. The van der Waals surface area contributed by atoms with Gasteiger partial charge in [0.05, 0.1) is 0 Å². The molecule has 2 N–H and O–H groups in total. The lowest BCUT2D eigenvalue weighted by molar-refractivity contribution is -0.139. The maximum Gasteiger partial charge on any atom is 0.326 e. The number of nitrogens with zero attached hydrogens (tertiary/aromatic N) is 1. The molecule has 1 aliphatic rings. The number of urea groups is 1. The zero-order chi connectivity index (χ0) is 11.4. The van der Waals surface area contributed by atoms with Gasteiger partial charge >= 0.3 is 12.0 Å². The maximum atomic E-state index is 11.6. The first-order valence-electron chi connectivity index (χ1n) is 5.38. The summed E-state index contributed by atoms with van der Waals surface area (Å²) in [4.78, 5) is 24.1. The lowest BCUT2D eigenvalue weighted by Gasteiger charge is -2.22. The molecule has 1 saturated carbocycles. The molecule has 0 aliphatic heterocycles. The molecule has 0 aromatic carbocycles. The van der Waals surface area contributed by atoms with E-state index < -0.39 is 12.0 Å². The average molecular weight is 214 g/mol. The van der Waals surface area contributed by atoms with Crippen LogP contribution in [0.3, 0.4) is 0 Å². The fourth-order valence-corrected chi connectivity index (χ4v) is 1.55. The van der Waals surface area contributed by atoms with E-state index in [2.05, 4.69) is 5.32 Å². The molecule has 0 spiro atoms. The van der Waals surface area contributed by atoms with Crippen LogP contribution >= 0.6 is 0 Å². The van der Waals surface area contributed by atoms with Crippen molar-refractivity contribution in [1.82, 2.24) is 10.2 Å². The van der Waals surface area contributed by atoms with Gasteiger partial charge in [-0.2, -0.15) is 0 Å². The number of nitrogens with one attached hydrogen (secondary N) is 1. The Kier molecular flexibility index (Phi) is 3.94. The molecule has 0 aromatic rings. The van der Waals surface area contributed by atoms with E-state index in [0.29, 0.717) is 13.1 Å². The van der Waals surface area contributed by atoms with E-state index in [-0.39, 0.29) is 11.9 Å². The molecule has 1 rings (SSSR count). The van der Waals surface area contributed by atoms with Crippen molar-refractivity contribution >= 4 is 12.0 Å². The van der Waals surface area contributed by atoms with Crippen LogP contribution in [-0.4, -0.2) is 41.1 Å². The minimum Gasteiger partial charge on any atom is -0.480 e. The second-order valence-corrected chi connectivity index (χ2v) is 3.78. The summed E-state index contributed by atoms with van der Waals surface area (Å²) < 4.78 is 0. The number of aliphatic carboxylic acids is 1. The minimum atomic E-state index is -0.932. The van der Waals surface area contributed by atoms with E-state index in [0.717, 1.165) is 12.8 Å². The van der Waals surface area contributed by atoms with E-state index in [4.69, 9.17) is 5.11 Å². The molecular weight excluding hydrogens is 196 g/mol. The van der Waals surface area contributed by atoms with Crippen molar-refractivity contribution in [2.45, 2.75) is 32.7 Å². The Balaban J connectivity index is 2.50. The van der Waals surface area contributed by atoms with Crippen molar-refractivity contribution in [3.05, 3.63) is 0 Å². The summed E-state index contributed by atoms with van der Waals surface area (Å²) in [7, 11) is 0. The molecule has 15 heavy (non-hydrogen) atoms. The average Bonchev–Trinajstić information content (AvgIpc) is 2.99. The summed E-state index contributed by atoms with van der Waals surface area (Å²) in [5.41, 5.74) is 0. The van der Waals surface area contributed by atoms with Crippen molar-refractivity contribution in [2.24, 2.45) is 5.92 Å². The van der Waals surface area contributed by atoms with Gasteiger partial charge in [-0.1, -0.05) is 0 Å². The van der Waals surface area contributed by atoms with E-state index in [1.54, 1.807) is 4.90 Å². The summed E-state index contributed by atoms with van der Waals surface area (Å²) in [6.07, 6.45) is 1.80. The Hall–Kier alpha value is -1.26. The third-order valence-corrected chi connectivity index (χ3v) is 2.69. The first-order chi connectivity index (χ1) is 7.10. The van der Waals surface area contributed by atoms with Crippen molar-refractivity contribution in [3.63, 3.8) is 0 Å². The van der Waals surface area contributed by atoms with Crippen molar-refractivity contribution in [2.75, 3.05) is 13.1 Å². The molecule has 5 heteroatoms. The molecule has 0 saturated heterocycles. The van der Waals surface area contributed by atoms with Crippen molar-refractivity contribution in [1.29, 1.82) is 0 Å². The van der Waals surface area contributed by atoms with Gasteiger partial charge in [0.15, 0.2) is 0 Å². The Morgan fingerprint density at radius 2 is 1.93 bits per heavy atom. The molecule has 1 atom stereocenters. The number of hydrogen-bond acceptors (Lipinski definition) is 2. The summed E-state index contributed by atoms with van der Waals surface area (Å²) in [6, 6.07) is -0.989. The fraction of sp³-hybridized carbons (Fsp3) is 0.800. The molecular formula is C10H18N2O3. The van der Waals surface area contributed by atoms with Crippen molar-refractivity contribution in [3.8, 4) is 0 Å². The predicted molar refractivity (Wildman–Crippen MR) is 55.6 cm³/mol. The van der Waals surface area contributed by atoms with Crippen LogP contribution in [0.1, 0.15) is 26.7 Å². The van der Waals surface area contributed by atoms with Crippen LogP contribution in [0.2, 0.25) is 0 Å². The second-order valence-electron chi connectivity index (χ2n) is 3.78. The summed E-state index contributed by atoms with van der Waals surface area (Å²) in [5.74, 6) is -0.806. The number of amides is 2. The Labute approximate surface area is 89.4 Å². The van der Waals surface area contributed by atoms with Gasteiger partial charge in [-0.3, -0.25) is 0 Å². The van der Waals surface area contributed by atoms with Gasteiger partial charge in [0, 0.05) is 13.1 Å².